The van der Waals surface area contributed by atoms with Gasteiger partial charge >= 0.3 is 0 Å². The largest absolute Gasteiger partial charge is 0.363 e. The lowest BCUT2D eigenvalue weighted by molar-refractivity contribution is -0.115. The van der Waals surface area contributed by atoms with E-state index < -0.39 is 0 Å². The maximum atomic E-state index is 12.3. The molecule has 3 aromatic rings. The molecule has 10 nitrogen and oxygen atoms in total. The normalized spacial score (nSPS) is 18.5. The van der Waals surface area contributed by atoms with E-state index >= 15 is 0 Å². The quantitative estimate of drug-likeness (QED) is 0.488. The van der Waals surface area contributed by atoms with Crippen LogP contribution in [0.2, 0.25) is 0 Å². The molecule has 1 aliphatic carbocycles. The monoisotopic (exact) mass is 458 g/mol. The van der Waals surface area contributed by atoms with Crippen molar-refractivity contribution >= 4 is 38.8 Å². The Morgan fingerprint density at radius 2 is 1.81 bits per heavy atom. The minimum atomic E-state index is -0.202. The second-order valence-corrected chi connectivity index (χ2v) is 9.39. The summed E-state index contributed by atoms with van der Waals surface area (Å²) in [5.74, 6) is 0.486. The van der Waals surface area contributed by atoms with Gasteiger partial charge in [-0.25, -0.2) is 0 Å². The molecule has 31 heavy (non-hydrogen) atoms. The summed E-state index contributed by atoms with van der Waals surface area (Å²) in [6.45, 7) is 0.0742. The fourth-order valence-electron chi connectivity index (χ4n) is 3.64. The minimum absolute atomic E-state index is 0.0742. The topological polar surface area (TPSA) is 135 Å². The zero-order valence-corrected chi connectivity index (χ0v) is 18.6. The first-order valence-electron chi connectivity index (χ1n) is 10.0. The van der Waals surface area contributed by atoms with Crippen LogP contribution in [0, 0.1) is 4.91 Å². The molecule has 1 fully saturated rings. The average Bonchev–Trinajstić information content (AvgIpc) is 3.45. The summed E-state index contributed by atoms with van der Waals surface area (Å²) in [5.41, 5.74) is 1.33. The van der Waals surface area contributed by atoms with Crippen LogP contribution < -0.4 is 10.6 Å². The van der Waals surface area contributed by atoms with Gasteiger partial charge in [0, 0.05) is 30.8 Å². The Morgan fingerprint density at radius 3 is 2.42 bits per heavy atom. The van der Waals surface area contributed by atoms with E-state index in [2.05, 4.69) is 41.2 Å². The fraction of sp³-hybridized carbons (Fsp3) is 0.474. The molecular weight excluding hydrogens is 436 g/mol. The van der Waals surface area contributed by atoms with Crippen molar-refractivity contribution in [2.75, 3.05) is 17.7 Å². The van der Waals surface area contributed by atoms with E-state index in [1.807, 2.05) is 7.05 Å². The number of pyridine rings is 1. The van der Waals surface area contributed by atoms with Crippen LogP contribution in [-0.2, 0) is 17.8 Å². The third-order valence-corrected chi connectivity index (χ3v) is 7.29. The summed E-state index contributed by atoms with van der Waals surface area (Å²) in [4.78, 5) is 26.8. The SMILES string of the molecule is CNc1nnc(C2CCC[C@H](c3nnc(NC(=O)Cc4ccc(CN=O)cn4)s3)C2)s1. The fourth-order valence-corrected chi connectivity index (χ4v) is 5.40. The number of nitrogens with zero attached hydrogens (tertiary/aromatic N) is 6. The number of nitroso groups, excluding NO2 is 1. The second-order valence-electron chi connectivity index (χ2n) is 7.37. The van der Waals surface area contributed by atoms with Gasteiger partial charge in [0.05, 0.1) is 6.42 Å². The Morgan fingerprint density at radius 1 is 1.10 bits per heavy atom. The molecule has 1 amide bonds. The minimum Gasteiger partial charge on any atom is -0.363 e. The lowest BCUT2D eigenvalue weighted by Gasteiger charge is -2.25. The average molecular weight is 459 g/mol. The first-order chi connectivity index (χ1) is 15.1. The van der Waals surface area contributed by atoms with Crippen LogP contribution in [-0.4, -0.2) is 38.3 Å². The smallest absolute Gasteiger partial charge is 0.232 e. The van der Waals surface area contributed by atoms with Gasteiger partial charge < -0.3 is 10.6 Å². The molecule has 0 radical (unpaired) electrons. The van der Waals surface area contributed by atoms with Crippen molar-refractivity contribution in [3.63, 3.8) is 0 Å². The summed E-state index contributed by atoms with van der Waals surface area (Å²) >= 11 is 3.03. The third kappa shape index (κ3) is 5.44. The maximum absolute atomic E-state index is 12.3. The summed E-state index contributed by atoms with van der Waals surface area (Å²) in [5, 5.41) is 29.0. The van der Waals surface area contributed by atoms with Crippen LogP contribution in [0.4, 0.5) is 10.3 Å². The summed E-state index contributed by atoms with van der Waals surface area (Å²) in [7, 11) is 1.85. The molecule has 4 rings (SSSR count). The number of carbonyl (C=O) groups is 1. The van der Waals surface area contributed by atoms with E-state index in [0.29, 0.717) is 22.7 Å². The Labute approximate surface area is 186 Å². The predicted molar refractivity (Wildman–Crippen MR) is 119 cm³/mol. The molecule has 0 saturated heterocycles. The van der Waals surface area contributed by atoms with Gasteiger partial charge in [-0.2, -0.15) is 4.91 Å². The van der Waals surface area contributed by atoms with Crippen molar-refractivity contribution in [3.05, 3.63) is 44.5 Å². The lowest BCUT2D eigenvalue weighted by Crippen LogP contribution is -2.15. The second kappa shape index (κ2) is 9.96. The Hall–Kier alpha value is -2.86. The number of nitrogens with one attached hydrogen (secondary N) is 2. The van der Waals surface area contributed by atoms with Crippen LogP contribution >= 0.6 is 22.7 Å². The Bertz CT molecular complexity index is 1040. The Kier molecular flexibility index (Phi) is 6.87. The molecule has 2 atom stereocenters. The first-order valence-corrected chi connectivity index (χ1v) is 11.6. The van der Waals surface area contributed by atoms with Gasteiger partial charge in [0.2, 0.25) is 16.2 Å². The highest BCUT2D eigenvalue weighted by Gasteiger charge is 2.29. The molecular formula is C19H22N8O2S2. The van der Waals surface area contributed by atoms with Gasteiger partial charge in [0.15, 0.2) is 0 Å². The van der Waals surface area contributed by atoms with Crippen molar-refractivity contribution in [2.45, 2.75) is 50.5 Å². The molecule has 12 heteroatoms. The molecule has 1 unspecified atom stereocenters. The predicted octanol–water partition coefficient (Wildman–Crippen LogP) is 3.72. The molecule has 0 bridgehead atoms. The highest BCUT2D eigenvalue weighted by Crippen LogP contribution is 2.43. The van der Waals surface area contributed by atoms with Crippen LogP contribution in [0.1, 0.15) is 58.8 Å². The highest BCUT2D eigenvalue weighted by atomic mass is 32.1. The summed E-state index contributed by atoms with van der Waals surface area (Å²) in [6.07, 6.45) is 5.91. The number of rotatable bonds is 8. The zero-order chi connectivity index (χ0) is 21.6. The van der Waals surface area contributed by atoms with Crippen molar-refractivity contribution in [1.29, 1.82) is 0 Å². The molecule has 0 spiro atoms. The van der Waals surface area contributed by atoms with Crippen LogP contribution in [0.3, 0.4) is 0 Å². The van der Waals surface area contributed by atoms with Gasteiger partial charge in [-0.3, -0.25) is 9.78 Å². The Balaban J connectivity index is 1.34. The molecule has 1 aliphatic rings. The number of hydrogen-bond donors (Lipinski definition) is 2. The van der Waals surface area contributed by atoms with E-state index in [9.17, 15) is 9.70 Å². The molecule has 1 saturated carbocycles. The van der Waals surface area contributed by atoms with E-state index in [-0.39, 0.29) is 18.9 Å². The standard InChI is InChI=1S/C19H22N8O2S2/c1-20-18-26-24-16(30-18)12-3-2-4-13(7-12)17-25-27-19(31-17)23-15(28)8-14-6-5-11(9-21-14)10-22-29/h5-6,9,12-13H,2-4,7-8,10H2,1H3,(H,20,26)(H,23,27,28)/t12?,13-/m0/s1. The number of amides is 1. The van der Waals surface area contributed by atoms with E-state index in [4.69, 9.17) is 0 Å². The number of carbonyl (C=O) groups excluding carboxylic acids is 1. The van der Waals surface area contributed by atoms with Crippen LogP contribution in [0.25, 0.3) is 0 Å². The molecule has 162 valence electrons. The van der Waals surface area contributed by atoms with Gasteiger partial charge in [0.25, 0.3) is 0 Å². The molecule has 0 aromatic carbocycles. The van der Waals surface area contributed by atoms with Gasteiger partial charge in [-0.05, 0) is 30.9 Å². The van der Waals surface area contributed by atoms with Crippen molar-refractivity contribution in [1.82, 2.24) is 25.4 Å². The van der Waals surface area contributed by atoms with E-state index in [1.54, 1.807) is 29.7 Å². The molecule has 3 aromatic heterocycles. The van der Waals surface area contributed by atoms with E-state index in [0.717, 1.165) is 46.4 Å². The maximum Gasteiger partial charge on any atom is 0.232 e. The molecule has 3 heterocycles. The van der Waals surface area contributed by atoms with Crippen LogP contribution in [0.15, 0.2) is 23.5 Å². The molecule has 2 N–H and O–H groups in total. The number of anilines is 2. The van der Waals surface area contributed by atoms with Crippen molar-refractivity contribution in [2.24, 2.45) is 5.18 Å². The lowest BCUT2D eigenvalue weighted by atomic mass is 9.82. The first kappa shape index (κ1) is 21.4. The highest BCUT2D eigenvalue weighted by molar-refractivity contribution is 7.15. The van der Waals surface area contributed by atoms with Crippen molar-refractivity contribution in [3.8, 4) is 0 Å². The van der Waals surface area contributed by atoms with E-state index in [1.165, 1.54) is 11.3 Å². The molecule has 0 aliphatic heterocycles. The van der Waals surface area contributed by atoms with Crippen molar-refractivity contribution < 1.29 is 4.79 Å². The zero-order valence-electron chi connectivity index (χ0n) is 16.9. The van der Waals surface area contributed by atoms with Gasteiger partial charge in [0.1, 0.15) is 16.6 Å². The van der Waals surface area contributed by atoms with Crippen LogP contribution in [0.5, 0.6) is 0 Å². The van der Waals surface area contributed by atoms with Gasteiger partial charge in [-0.1, -0.05) is 40.3 Å². The van der Waals surface area contributed by atoms with Gasteiger partial charge in [-0.15, -0.1) is 20.4 Å². The third-order valence-electron chi connectivity index (χ3n) is 5.19. The number of aromatic nitrogens is 5. The summed E-state index contributed by atoms with van der Waals surface area (Å²) < 4.78 is 0. The summed E-state index contributed by atoms with van der Waals surface area (Å²) in [6, 6.07) is 3.47. The number of hydrogen-bond acceptors (Lipinski definition) is 11.